The van der Waals surface area contributed by atoms with E-state index in [0.717, 1.165) is 24.1 Å². The van der Waals surface area contributed by atoms with Crippen LogP contribution in [0.3, 0.4) is 0 Å². The van der Waals surface area contributed by atoms with Crippen LogP contribution in [0, 0.1) is 5.82 Å². The minimum Gasteiger partial charge on any atom is -0.372 e. The zero-order chi connectivity index (χ0) is 10.3. The first-order valence-corrected chi connectivity index (χ1v) is 5.48. The van der Waals surface area contributed by atoms with Gasteiger partial charge in [-0.2, -0.15) is 0 Å². The summed E-state index contributed by atoms with van der Waals surface area (Å²) >= 11 is 0. The van der Waals surface area contributed by atoms with Crippen LogP contribution in [0.4, 0.5) is 4.39 Å². The number of ether oxygens (including phenoxy) is 1. The molecule has 0 spiro atoms. The molecule has 1 fully saturated rings. The zero-order valence-electron chi connectivity index (χ0n) is 8.50. The van der Waals surface area contributed by atoms with Crippen molar-refractivity contribution >= 4 is 0 Å². The van der Waals surface area contributed by atoms with Gasteiger partial charge in [-0.3, -0.25) is 0 Å². The van der Waals surface area contributed by atoms with Gasteiger partial charge in [-0.15, -0.1) is 0 Å². The van der Waals surface area contributed by atoms with Crippen LogP contribution in [0.5, 0.6) is 0 Å². The molecule has 2 aliphatic heterocycles. The first kappa shape index (κ1) is 9.31. The van der Waals surface area contributed by atoms with Crippen LogP contribution in [0.15, 0.2) is 18.2 Å². The number of rotatable bonds is 1. The Kier molecular flexibility index (Phi) is 2.22. The lowest BCUT2D eigenvalue weighted by atomic mass is 9.89. The monoisotopic (exact) mass is 207 g/mol. The molecule has 1 N–H and O–H groups in total. The van der Waals surface area contributed by atoms with Crippen molar-refractivity contribution in [3.05, 3.63) is 35.1 Å². The lowest BCUT2D eigenvalue weighted by molar-refractivity contribution is -0.00230. The molecule has 2 heterocycles. The lowest BCUT2D eigenvalue weighted by Gasteiger charge is -2.38. The van der Waals surface area contributed by atoms with E-state index < -0.39 is 0 Å². The van der Waals surface area contributed by atoms with Crippen molar-refractivity contribution in [2.24, 2.45) is 0 Å². The summed E-state index contributed by atoms with van der Waals surface area (Å²) in [7, 11) is 0. The Morgan fingerprint density at radius 2 is 2.27 bits per heavy atom. The van der Waals surface area contributed by atoms with Gasteiger partial charge in [0.15, 0.2) is 0 Å². The van der Waals surface area contributed by atoms with Gasteiger partial charge in [0.05, 0.1) is 12.7 Å². The minimum atomic E-state index is -0.0832. The molecule has 2 atom stereocenters. The highest BCUT2D eigenvalue weighted by Crippen LogP contribution is 2.33. The SMILES string of the molecule is Fc1cccc2c1CCO[C@@H]2[C@H]1CCN1. The van der Waals surface area contributed by atoms with Gasteiger partial charge in [0.1, 0.15) is 5.82 Å². The third-order valence-electron chi connectivity index (χ3n) is 3.34. The Hall–Kier alpha value is -0.930. The minimum absolute atomic E-state index is 0.0539. The molecule has 1 aromatic carbocycles. The molecular formula is C12H14FNO. The summed E-state index contributed by atoms with van der Waals surface area (Å²) in [4.78, 5) is 0. The van der Waals surface area contributed by atoms with Crippen LogP contribution in [-0.4, -0.2) is 19.2 Å². The molecule has 0 aromatic heterocycles. The Morgan fingerprint density at radius 3 is 3.00 bits per heavy atom. The van der Waals surface area contributed by atoms with Crippen molar-refractivity contribution in [1.82, 2.24) is 5.32 Å². The largest absolute Gasteiger partial charge is 0.372 e. The first-order valence-electron chi connectivity index (χ1n) is 5.48. The molecule has 3 rings (SSSR count). The third-order valence-corrected chi connectivity index (χ3v) is 3.34. The summed E-state index contributed by atoms with van der Waals surface area (Å²) in [5.74, 6) is -0.0832. The van der Waals surface area contributed by atoms with Crippen LogP contribution in [0.1, 0.15) is 23.7 Å². The van der Waals surface area contributed by atoms with Gasteiger partial charge in [-0.1, -0.05) is 12.1 Å². The summed E-state index contributed by atoms with van der Waals surface area (Å²) in [6.07, 6.45) is 1.88. The molecule has 2 aliphatic rings. The summed E-state index contributed by atoms with van der Waals surface area (Å²) in [6.45, 7) is 1.69. The Labute approximate surface area is 88.4 Å². The van der Waals surface area contributed by atoms with E-state index in [1.165, 1.54) is 6.07 Å². The second-order valence-electron chi connectivity index (χ2n) is 4.20. The van der Waals surface area contributed by atoms with Crippen molar-refractivity contribution in [3.8, 4) is 0 Å². The van der Waals surface area contributed by atoms with E-state index in [-0.39, 0.29) is 11.9 Å². The van der Waals surface area contributed by atoms with Crippen LogP contribution in [-0.2, 0) is 11.2 Å². The van der Waals surface area contributed by atoms with Gasteiger partial charge < -0.3 is 10.1 Å². The van der Waals surface area contributed by atoms with Gasteiger partial charge in [-0.25, -0.2) is 4.39 Å². The Bertz CT molecular complexity index is 376. The van der Waals surface area contributed by atoms with Gasteiger partial charge in [0.2, 0.25) is 0 Å². The standard InChI is InChI=1S/C12H14FNO/c13-10-3-1-2-9-8(10)5-7-15-12(9)11-4-6-14-11/h1-3,11-12,14H,4-7H2/t11-,12+/m1/s1. The number of fused-ring (bicyclic) bond motifs is 1. The fraction of sp³-hybridized carbons (Fsp3) is 0.500. The van der Waals surface area contributed by atoms with E-state index in [4.69, 9.17) is 4.74 Å². The molecule has 0 radical (unpaired) electrons. The van der Waals surface area contributed by atoms with E-state index in [1.807, 2.05) is 6.07 Å². The second kappa shape index (κ2) is 3.58. The van der Waals surface area contributed by atoms with Gasteiger partial charge in [0.25, 0.3) is 0 Å². The molecule has 0 amide bonds. The molecular weight excluding hydrogens is 193 g/mol. The number of benzene rings is 1. The summed E-state index contributed by atoms with van der Waals surface area (Å²) < 4.78 is 19.3. The van der Waals surface area contributed by atoms with Crippen molar-refractivity contribution in [1.29, 1.82) is 0 Å². The number of hydrogen-bond acceptors (Lipinski definition) is 2. The van der Waals surface area contributed by atoms with Crippen LogP contribution in [0.25, 0.3) is 0 Å². The summed E-state index contributed by atoms with van der Waals surface area (Å²) in [6, 6.07) is 5.68. The van der Waals surface area contributed by atoms with Crippen LogP contribution < -0.4 is 5.32 Å². The molecule has 3 heteroatoms. The molecule has 1 saturated heterocycles. The zero-order valence-corrected chi connectivity index (χ0v) is 8.50. The third kappa shape index (κ3) is 1.46. The van der Waals surface area contributed by atoms with Gasteiger partial charge in [0, 0.05) is 6.04 Å². The highest BCUT2D eigenvalue weighted by molar-refractivity contribution is 5.33. The molecule has 0 saturated carbocycles. The first-order chi connectivity index (χ1) is 7.36. The van der Waals surface area contributed by atoms with E-state index in [1.54, 1.807) is 6.07 Å². The van der Waals surface area contributed by atoms with E-state index in [9.17, 15) is 4.39 Å². The number of halogens is 1. The molecule has 0 unspecified atom stereocenters. The van der Waals surface area contributed by atoms with E-state index in [0.29, 0.717) is 19.1 Å². The van der Waals surface area contributed by atoms with Gasteiger partial charge >= 0.3 is 0 Å². The van der Waals surface area contributed by atoms with E-state index in [2.05, 4.69) is 5.32 Å². The van der Waals surface area contributed by atoms with Crippen molar-refractivity contribution in [2.75, 3.05) is 13.2 Å². The topological polar surface area (TPSA) is 21.3 Å². The van der Waals surface area contributed by atoms with Crippen molar-refractivity contribution < 1.29 is 9.13 Å². The second-order valence-corrected chi connectivity index (χ2v) is 4.20. The fourth-order valence-corrected chi connectivity index (χ4v) is 2.39. The fourth-order valence-electron chi connectivity index (χ4n) is 2.39. The Balaban J connectivity index is 1.98. The highest BCUT2D eigenvalue weighted by atomic mass is 19.1. The maximum Gasteiger partial charge on any atom is 0.126 e. The van der Waals surface area contributed by atoms with E-state index >= 15 is 0 Å². The van der Waals surface area contributed by atoms with Crippen LogP contribution >= 0.6 is 0 Å². The molecule has 80 valence electrons. The predicted octanol–water partition coefficient (Wildman–Crippen LogP) is 1.80. The highest BCUT2D eigenvalue weighted by Gasteiger charge is 2.33. The molecule has 0 bridgehead atoms. The molecule has 1 aromatic rings. The number of nitrogens with one attached hydrogen (secondary N) is 1. The van der Waals surface area contributed by atoms with Crippen molar-refractivity contribution in [3.63, 3.8) is 0 Å². The Morgan fingerprint density at radius 1 is 1.40 bits per heavy atom. The molecule has 0 aliphatic carbocycles. The van der Waals surface area contributed by atoms with Crippen molar-refractivity contribution in [2.45, 2.75) is 25.0 Å². The predicted molar refractivity (Wildman–Crippen MR) is 55.2 cm³/mol. The average molecular weight is 207 g/mol. The quantitative estimate of drug-likeness (QED) is 0.758. The normalized spacial score (nSPS) is 29.4. The number of hydrogen-bond donors (Lipinski definition) is 1. The maximum atomic E-state index is 13.6. The van der Waals surface area contributed by atoms with Gasteiger partial charge in [-0.05, 0) is 36.6 Å². The summed E-state index contributed by atoms with van der Waals surface area (Å²) in [5.41, 5.74) is 1.89. The molecule has 2 nitrogen and oxygen atoms in total. The lowest BCUT2D eigenvalue weighted by Crippen LogP contribution is -2.48. The maximum absolute atomic E-state index is 13.6. The summed E-state index contributed by atoms with van der Waals surface area (Å²) in [5, 5.41) is 3.33. The smallest absolute Gasteiger partial charge is 0.126 e. The average Bonchev–Trinajstić information content (AvgIpc) is 2.17. The van der Waals surface area contributed by atoms with Crippen LogP contribution in [0.2, 0.25) is 0 Å². The molecule has 15 heavy (non-hydrogen) atoms.